The van der Waals surface area contributed by atoms with Gasteiger partial charge in [0.25, 0.3) is 0 Å². The first-order valence-electron chi connectivity index (χ1n) is 10.9. The highest BCUT2D eigenvalue weighted by atomic mass is 35.5. The van der Waals surface area contributed by atoms with E-state index in [1.807, 2.05) is 37.3 Å². The molecule has 2 N–H and O–H groups in total. The molecule has 0 aliphatic heterocycles. The van der Waals surface area contributed by atoms with E-state index in [2.05, 4.69) is 10.3 Å². The normalized spacial score (nSPS) is 11.6. The molecule has 1 unspecified atom stereocenters. The van der Waals surface area contributed by atoms with Gasteiger partial charge in [0, 0.05) is 19.2 Å². The highest BCUT2D eigenvalue weighted by Gasteiger charge is 2.25. The van der Waals surface area contributed by atoms with Crippen molar-refractivity contribution in [3.8, 4) is 5.75 Å². The average Bonchev–Trinajstić information content (AvgIpc) is 2.79. The molecule has 8 heteroatoms. The minimum atomic E-state index is -1.05. The molecule has 1 aromatic heterocycles. The number of nitrogens with zero attached hydrogens (tertiary/aromatic N) is 1. The third-order valence-electron chi connectivity index (χ3n) is 5.21. The summed E-state index contributed by atoms with van der Waals surface area (Å²) >= 11 is 12.4. The van der Waals surface area contributed by atoms with Gasteiger partial charge in [0.15, 0.2) is 5.78 Å². The average molecular weight is 501 g/mol. The highest BCUT2D eigenvalue weighted by molar-refractivity contribution is 6.40. The second kappa shape index (κ2) is 12.4. The Kier molecular flexibility index (Phi) is 9.31. The van der Waals surface area contributed by atoms with Crippen molar-refractivity contribution >= 4 is 40.8 Å². The Bertz CT molecular complexity index is 1100. The Morgan fingerprint density at radius 2 is 1.79 bits per heavy atom. The predicted octanol–water partition coefficient (Wildman–Crippen LogP) is 6.09. The predicted molar refractivity (Wildman–Crippen MR) is 134 cm³/mol. The first-order valence-corrected chi connectivity index (χ1v) is 11.7. The first-order chi connectivity index (χ1) is 16.3. The summed E-state index contributed by atoms with van der Waals surface area (Å²) in [7, 11) is 0. The van der Waals surface area contributed by atoms with Gasteiger partial charge in [-0.2, -0.15) is 0 Å². The molecule has 34 heavy (non-hydrogen) atoms. The molecule has 6 nitrogen and oxygen atoms in total. The van der Waals surface area contributed by atoms with Crippen LogP contribution in [0.1, 0.15) is 34.3 Å². The molecule has 0 aliphatic rings. The first kappa shape index (κ1) is 25.5. The van der Waals surface area contributed by atoms with E-state index in [0.29, 0.717) is 12.4 Å². The number of ether oxygens (including phenoxy) is 1. The van der Waals surface area contributed by atoms with Crippen molar-refractivity contribution in [1.82, 2.24) is 4.98 Å². The van der Waals surface area contributed by atoms with Gasteiger partial charge in [-0.25, -0.2) is 4.98 Å². The number of rotatable bonds is 12. The fraction of sp³-hybridized carbons (Fsp3) is 0.269. The summed E-state index contributed by atoms with van der Waals surface area (Å²) in [6, 6.07) is 16.2. The Morgan fingerprint density at radius 3 is 2.41 bits per heavy atom. The standard InChI is InChI=1S/C26H26Cl2N2O4/c1-17-13-21(27)25(22(28)14-17)23(31)16-19(26(32)33)15-18-6-8-20(9-7-18)34-12-4-11-30-24-5-2-3-10-29-24/h2-3,5-10,13-14,19H,4,11-12,15-16H2,1H3,(H,29,30)(H,32,33). The van der Waals surface area contributed by atoms with Crippen molar-refractivity contribution in [1.29, 1.82) is 0 Å². The number of nitrogens with one attached hydrogen (secondary N) is 1. The van der Waals surface area contributed by atoms with Crippen LogP contribution in [0.4, 0.5) is 5.82 Å². The fourth-order valence-corrected chi connectivity index (χ4v) is 4.30. The number of carbonyl (C=O) groups excluding carboxylic acids is 1. The number of aryl methyl sites for hydroxylation is 1. The van der Waals surface area contributed by atoms with Crippen LogP contribution in [0.2, 0.25) is 10.0 Å². The maximum atomic E-state index is 12.8. The van der Waals surface area contributed by atoms with Crippen LogP contribution < -0.4 is 10.1 Å². The van der Waals surface area contributed by atoms with Crippen LogP contribution in [-0.4, -0.2) is 35.0 Å². The van der Waals surface area contributed by atoms with Gasteiger partial charge in [0.1, 0.15) is 11.6 Å². The van der Waals surface area contributed by atoms with Crippen LogP contribution in [0, 0.1) is 12.8 Å². The number of Topliss-reactive ketones (excluding diaryl/α,β-unsaturated/α-hetero) is 1. The van der Waals surface area contributed by atoms with Crippen LogP contribution in [0.15, 0.2) is 60.8 Å². The Labute approximate surface area is 208 Å². The van der Waals surface area contributed by atoms with Crippen molar-refractivity contribution in [2.24, 2.45) is 5.92 Å². The summed E-state index contributed by atoms with van der Waals surface area (Å²) in [5, 5.41) is 13.3. The van der Waals surface area contributed by atoms with Gasteiger partial charge in [-0.3, -0.25) is 9.59 Å². The lowest BCUT2D eigenvalue weighted by Gasteiger charge is -2.14. The molecule has 0 bridgehead atoms. The number of pyridine rings is 1. The maximum Gasteiger partial charge on any atom is 0.307 e. The van der Waals surface area contributed by atoms with E-state index < -0.39 is 11.9 Å². The number of carbonyl (C=O) groups is 2. The Balaban J connectivity index is 1.51. The third kappa shape index (κ3) is 7.47. The summed E-state index contributed by atoms with van der Waals surface area (Å²) in [6.45, 7) is 3.08. The van der Waals surface area contributed by atoms with E-state index in [0.717, 1.165) is 29.9 Å². The molecule has 3 rings (SSSR count). The molecule has 178 valence electrons. The number of hydrogen-bond donors (Lipinski definition) is 2. The molecule has 0 radical (unpaired) electrons. The number of aromatic nitrogens is 1. The second-order valence-electron chi connectivity index (χ2n) is 7.96. The lowest BCUT2D eigenvalue weighted by molar-refractivity contribution is -0.141. The summed E-state index contributed by atoms with van der Waals surface area (Å²) in [5.74, 6) is -0.812. The largest absolute Gasteiger partial charge is 0.494 e. The van der Waals surface area contributed by atoms with E-state index >= 15 is 0 Å². The van der Waals surface area contributed by atoms with E-state index in [-0.39, 0.29) is 34.2 Å². The van der Waals surface area contributed by atoms with Gasteiger partial charge < -0.3 is 15.2 Å². The molecule has 0 saturated heterocycles. The zero-order valence-electron chi connectivity index (χ0n) is 18.8. The van der Waals surface area contributed by atoms with Crippen LogP contribution in [0.25, 0.3) is 0 Å². The number of benzene rings is 2. The van der Waals surface area contributed by atoms with Crippen molar-refractivity contribution < 1.29 is 19.4 Å². The molecule has 3 aromatic rings. The van der Waals surface area contributed by atoms with Gasteiger partial charge in [-0.15, -0.1) is 0 Å². The van der Waals surface area contributed by atoms with E-state index in [1.54, 1.807) is 30.5 Å². The number of hydrogen-bond acceptors (Lipinski definition) is 5. The van der Waals surface area contributed by atoms with Crippen molar-refractivity contribution in [3.05, 3.63) is 87.5 Å². The molecule has 0 amide bonds. The van der Waals surface area contributed by atoms with Gasteiger partial charge in [0.05, 0.1) is 28.1 Å². The minimum Gasteiger partial charge on any atom is -0.494 e. The molecule has 2 aromatic carbocycles. The SMILES string of the molecule is Cc1cc(Cl)c(C(=O)CC(Cc2ccc(OCCCNc3ccccn3)cc2)C(=O)O)c(Cl)c1. The van der Waals surface area contributed by atoms with E-state index in [4.69, 9.17) is 27.9 Å². The van der Waals surface area contributed by atoms with Crippen LogP contribution in [-0.2, 0) is 11.2 Å². The number of carboxylic acid groups (broad SMARTS) is 1. The monoisotopic (exact) mass is 500 g/mol. The zero-order chi connectivity index (χ0) is 24.5. The number of halogens is 2. The van der Waals surface area contributed by atoms with Crippen LogP contribution in [0.5, 0.6) is 5.75 Å². The minimum absolute atomic E-state index is 0.168. The molecular weight excluding hydrogens is 475 g/mol. The lowest BCUT2D eigenvalue weighted by atomic mass is 9.92. The smallest absolute Gasteiger partial charge is 0.307 e. The molecule has 0 spiro atoms. The van der Waals surface area contributed by atoms with Crippen molar-refractivity contribution in [2.45, 2.75) is 26.2 Å². The van der Waals surface area contributed by atoms with E-state index in [9.17, 15) is 14.7 Å². The van der Waals surface area contributed by atoms with Crippen molar-refractivity contribution in [3.63, 3.8) is 0 Å². The quantitative estimate of drug-likeness (QED) is 0.231. The zero-order valence-corrected chi connectivity index (χ0v) is 20.3. The number of aliphatic carboxylic acids is 1. The van der Waals surface area contributed by atoms with Gasteiger partial charge >= 0.3 is 5.97 Å². The summed E-state index contributed by atoms with van der Waals surface area (Å²) < 4.78 is 5.75. The fourth-order valence-electron chi connectivity index (χ4n) is 3.49. The topological polar surface area (TPSA) is 88.5 Å². The van der Waals surface area contributed by atoms with E-state index in [1.165, 1.54) is 0 Å². The molecule has 0 aliphatic carbocycles. The number of anilines is 1. The Hall–Kier alpha value is -3.09. The Morgan fingerprint density at radius 1 is 1.09 bits per heavy atom. The summed E-state index contributed by atoms with van der Waals surface area (Å²) in [4.78, 5) is 28.8. The number of ketones is 1. The molecule has 0 fully saturated rings. The van der Waals surface area contributed by atoms with Crippen molar-refractivity contribution in [2.75, 3.05) is 18.5 Å². The second-order valence-corrected chi connectivity index (χ2v) is 8.77. The van der Waals surface area contributed by atoms with Crippen LogP contribution >= 0.6 is 23.2 Å². The lowest BCUT2D eigenvalue weighted by Crippen LogP contribution is -2.21. The number of carboxylic acids is 1. The molecule has 1 heterocycles. The molecule has 0 saturated carbocycles. The molecular formula is C26H26Cl2N2O4. The highest BCUT2D eigenvalue weighted by Crippen LogP contribution is 2.29. The van der Waals surface area contributed by atoms with Crippen LogP contribution in [0.3, 0.4) is 0 Å². The van der Waals surface area contributed by atoms with Gasteiger partial charge in [-0.05, 0) is 67.3 Å². The molecule has 1 atom stereocenters. The summed E-state index contributed by atoms with van der Waals surface area (Å²) in [5.41, 5.74) is 1.79. The van der Waals surface area contributed by atoms with Gasteiger partial charge in [-0.1, -0.05) is 41.4 Å². The van der Waals surface area contributed by atoms with Gasteiger partial charge in [0.2, 0.25) is 0 Å². The summed E-state index contributed by atoms with van der Waals surface area (Å²) in [6.07, 6.45) is 2.54. The third-order valence-corrected chi connectivity index (χ3v) is 5.81. The maximum absolute atomic E-state index is 12.8.